The van der Waals surface area contributed by atoms with Crippen LogP contribution in [0.2, 0.25) is 0 Å². The summed E-state index contributed by atoms with van der Waals surface area (Å²) in [5, 5.41) is 0. The molecule has 1 aromatic carbocycles. The molecule has 1 aliphatic rings. The summed E-state index contributed by atoms with van der Waals surface area (Å²) in [7, 11) is 0. The van der Waals surface area contributed by atoms with Gasteiger partial charge < -0.3 is 0 Å². The van der Waals surface area contributed by atoms with Crippen LogP contribution in [-0.2, 0) is 0 Å². The Kier molecular flexibility index (Phi) is 4.36. The van der Waals surface area contributed by atoms with Crippen molar-refractivity contribution in [3.8, 4) is 0 Å². The Bertz CT molecular complexity index is 246. The van der Waals surface area contributed by atoms with Crippen LogP contribution in [0.3, 0.4) is 0 Å². The van der Waals surface area contributed by atoms with Gasteiger partial charge in [-0.3, -0.25) is 0 Å². The fourth-order valence-corrected chi connectivity index (χ4v) is 11.6. The average Bonchev–Trinajstić information content (AvgIpc) is 2.21. The van der Waals surface area contributed by atoms with Crippen LogP contribution in [0, 0.1) is 0 Å². The van der Waals surface area contributed by atoms with E-state index in [0.717, 1.165) is 0 Å². The number of hydrogen-bond donors (Lipinski definition) is 0. The highest BCUT2D eigenvalue weighted by molar-refractivity contribution is 9.12. The predicted octanol–water partition coefficient (Wildman–Crippen LogP) is 4.88. The molecule has 2 rings (SSSR count). The van der Waals surface area contributed by atoms with E-state index in [1.165, 1.54) is 22.8 Å². The van der Waals surface area contributed by atoms with Crippen molar-refractivity contribution < 1.29 is 0 Å². The second-order valence-corrected chi connectivity index (χ2v) is 12.5. The zero-order valence-corrected chi connectivity index (χ0v) is 10.5. The highest BCUT2D eigenvalue weighted by Crippen LogP contribution is 2.74. The van der Waals surface area contributed by atoms with E-state index in [1.54, 1.807) is 0 Å². The summed E-state index contributed by atoms with van der Waals surface area (Å²) in [5.74, 6) is 2.72. The SMILES string of the molecule is c1ccc(SP2SCCCS2)cc1. The number of rotatable bonds is 2. The molecule has 1 saturated heterocycles. The van der Waals surface area contributed by atoms with E-state index in [0.29, 0.717) is 0 Å². The molecule has 1 heterocycles. The number of hydrogen-bond acceptors (Lipinski definition) is 3. The molecule has 0 saturated carbocycles. The normalized spacial score (nSPS) is 18.8. The Morgan fingerprint density at radius 3 is 2.46 bits per heavy atom. The Labute approximate surface area is 92.6 Å². The van der Waals surface area contributed by atoms with E-state index in [1.807, 2.05) is 0 Å². The minimum atomic E-state index is 0.102. The Morgan fingerprint density at radius 2 is 1.77 bits per heavy atom. The van der Waals surface area contributed by atoms with Crippen molar-refractivity contribution in [1.29, 1.82) is 0 Å². The maximum absolute atomic E-state index is 2.21. The molecule has 1 fully saturated rings. The lowest BCUT2D eigenvalue weighted by atomic mass is 10.4. The molecule has 0 bridgehead atoms. The van der Waals surface area contributed by atoms with Crippen molar-refractivity contribution >= 4 is 39.7 Å². The lowest BCUT2D eigenvalue weighted by Gasteiger charge is -2.19. The fraction of sp³-hybridized carbons (Fsp3) is 0.333. The molecular weight excluding hydrogens is 235 g/mol. The van der Waals surface area contributed by atoms with Crippen molar-refractivity contribution in [1.82, 2.24) is 0 Å². The van der Waals surface area contributed by atoms with E-state index in [4.69, 9.17) is 0 Å². The van der Waals surface area contributed by atoms with Crippen molar-refractivity contribution in [2.24, 2.45) is 0 Å². The van der Waals surface area contributed by atoms with Gasteiger partial charge in [0.25, 0.3) is 0 Å². The van der Waals surface area contributed by atoms with Gasteiger partial charge in [0.15, 0.2) is 0 Å². The van der Waals surface area contributed by atoms with Gasteiger partial charge in [0.1, 0.15) is 0 Å². The molecule has 1 aromatic rings. The zero-order chi connectivity index (χ0) is 8.93. The lowest BCUT2D eigenvalue weighted by molar-refractivity contribution is 1.13. The predicted molar refractivity (Wildman–Crippen MR) is 68.8 cm³/mol. The van der Waals surface area contributed by atoms with Crippen molar-refractivity contribution in [3.05, 3.63) is 30.3 Å². The maximum atomic E-state index is 2.21. The lowest BCUT2D eigenvalue weighted by Crippen LogP contribution is -1.85. The third-order valence-corrected chi connectivity index (χ3v) is 12.2. The van der Waals surface area contributed by atoms with Crippen molar-refractivity contribution in [3.63, 3.8) is 0 Å². The largest absolute Gasteiger partial charge is 0.112 e. The Hall–Kier alpha value is 0.700. The van der Waals surface area contributed by atoms with E-state index in [2.05, 4.69) is 64.5 Å². The highest BCUT2D eigenvalue weighted by Gasteiger charge is 2.15. The van der Waals surface area contributed by atoms with Crippen LogP contribution in [0.1, 0.15) is 6.42 Å². The first-order valence-electron chi connectivity index (χ1n) is 4.24. The molecule has 0 atom stereocenters. The first kappa shape index (κ1) is 10.2. The van der Waals surface area contributed by atoms with Gasteiger partial charge in [-0.25, -0.2) is 0 Å². The molecular formula is C9H11PS3. The van der Waals surface area contributed by atoms with Gasteiger partial charge >= 0.3 is 0 Å². The third kappa shape index (κ3) is 3.39. The molecule has 1 aliphatic heterocycles. The van der Waals surface area contributed by atoms with Crippen LogP contribution in [0.25, 0.3) is 0 Å². The summed E-state index contributed by atoms with van der Waals surface area (Å²) >= 11 is 6.35. The van der Waals surface area contributed by atoms with Crippen LogP contribution in [0.5, 0.6) is 0 Å². The van der Waals surface area contributed by atoms with Gasteiger partial charge in [-0.05, 0) is 30.1 Å². The van der Waals surface area contributed by atoms with E-state index in [9.17, 15) is 0 Å². The Balaban J connectivity index is 1.90. The summed E-state index contributed by atoms with van der Waals surface area (Å²) in [6.45, 7) is 0. The van der Waals surface area contributed by atoms with Gasteiger partial charge in [0.05, 0.1) is 5.53 Å². The minimum Gasteiger partial charge on any atom is -0.112 e. The summed E-state index contributed by atoms with van der Waals surface area (Å²) in [5.41, 5.74) is 0.102. The molecule has 0 amide bonds. The van der Waals surface area contributed by atoms with Crippen molar-refractivity contribution in [2.45, 2.75) is 11.3 Å². The first-order valence-corrected chi connectivity index (χ1v) is 10.2. The van der Waals surface area contributed by atoms with E-state index < -0.39 is 0 Å². The molecule has 0 unspecified atom stereocenters. The quantitative estimate of drug-likeness (QED) is 0.683. The molecule has 0 radical (unpaired) electrons. The molecule has 0 aromatic heterocycles. The second-order valence-electron chi connectivity index (χ2n) is 2.65. The molecule has 13 heavy (non-hydrogen) atoms. The third-order valence-electron chi connectivity index (χ3n) is 1.61. The van der Waals surface area contributed by atoms with Crippen LogP contribution >= 0.6 is 39.7 Å². The summed E-state index contributed by atoms with van der Waals surface area (Å²) in [6, 6.07) is 10.7. The topological polar surface area (TPSA) is 0 Å². The molecule has 0 nitrogen and oxygen atoms in total. The molecule has 0 spiro atoms. The van der Waals surface area contributed by atoms with Crippen LogP contribution < -0.4 is 0 Å². The molecule has 0 N–H and O–H groups in total. The van der Waals surface area contributed by atoms with Crippen molar-refractivity contribution in [2.75, 3.05) is 11.5 Å². The molecule has 0 aliphatic carbocycles. The summed E-state index contributed by atoms with van der Waals surface area (Å²) in [6.07, 6.45) is 1.39. The van der Waals surface area contributed by atoms with Gasteiger partial charge in [-0.15, -0.1) is 22.8 Å². The van der Waals surface area contributed by atoms with Gasteiger partial charge in [-0.2, -0.15) is 0 Å². The van der Waals surface area contributed by atoms with Crippen LogP contribution in [0.15, 0.2) is 35.2 Å². The van der Waals surface area contributed by atoms with Crippen LogP contribution in [0.4, 0.5) is 0 Å². The second kappa shape index (κ2) is 5.55. The number of benzene rings is 1. The maximum Gasteiger partial charge on any atom is 0.0778 e. The molecule has 4 heteroatoms. The molecule has 70 valence electrons. The van der Waals surface area contributed by atoms with Gasteiger partial charge in [0, 0.05) is 4.90 Å². The standard InChI is InChI=1S/C9H11PS3/c1-2-5-9(6-3-1)13-10-11-7-4-8-12-10/h1-3,5-6H,4,7-8H2. The summed E-state index contributed by atoms with van der Waals surface area (Å²) < 4.78 is 0. The minimum absolute atomic E-state index is 0.102. The Morgan fingerprint density at radius 1 is 1.08 bits per heavy atom. The fourth-order valence-electron chi connectivity index (χ4n) is 0.994. The highest BCUT2D eigenvalue weighted by atomic mass is 33.4. The van der Waals surface area contributed by atoms with E-state index >= 15 is 0 Å². The summed E-state index contributed by atoms with van der Waals surface area (Å²) in [4.78, 5) is 1.43. The monoisotopic (exact) mass is 246 g/mol. The van der Waals surface area contributed by atoms with Crippen LogP contribution in [-0.4, -0.2) is 11.5 Å². The van der Waals surface area contributed by atoms with Gasteiger partial charge in [-0.1, -0.05) is 29.6 Å². The average molecular weight is 246 g/mol. The van der Waals surface area contributed by atoms with Gasteiger partial charge in [0.2, 0.25) is 0 Å². The zero-order valence-electron chi connectivity index (χ0n) is 7.18. The van der Waals surface area contributed by atoms with E-state index in [-0.39, 0.29) is 5.53 Å². The smallest absolute Gasteiger partial charge is 0.0778 e. The first-order chi connectivity index (χ1) is 6.45.